The molecule has 6 heteroatoms. The molecule has 1 aliphatic rings. The van der Waals surface area contributed by atoms with E-state index in [1.807, 2.05) is 31.0 Å². The first-order chi connectivity index (χ1) is 13.6. The van der Waals surface area contributed by atoms with Crippen molar-refractivity contribution in [2.24, 2.45) is 5.92 Å². The Morgan fingerprint density at radius 1 is 1.36 bits per heavy atom. The summed E-state index contributed by atoms with van der Waals surface area (Å²) in [6.45, 7) is 5.77. The Labute approximate surface area is 167 Å². The molecule has 1 atom stereocenters. The van der Waals surface area contributed by atoms with Gasteiger partial charge in [-0.3, -0.25) is 4.79 Å². The number of hydrogen-bond donors (Lipinski definition) is 0. The molecular formula is C22H30N4O2. The van der Waals surface area contributed by atoms with Gasteiger partial charge in [0.05, 0.1) is 18.4 Å². The lowest BCUT2D eigenvalue weighted by Crippen LogP contribution is -2.42. The number of methoxy groups -OCH3 is 1. The van der Waals surface area contributed by atoms with Gasteiger partial charge in [-0.2, -0.15) is 0 Å². The highest BCUT2D eigenvalue weighted by molar-refractivity contribution is 5.94. The van der Waals surface area contributed by atoms with E-state index in [4.69, 9.17) is 4.74 Å². The quantitative estimate of drug-likeness (QED) is 0.737. The SMILES string of the molecule is COc1ccccc1CCN1CCC[C@H](CN(C)C(=O)c2cncnc2C)C1. The van der Waals surface area contributed by atoms with Crippen LogP contribution in [0.25, 0.3) is 0 Å². The van der Waals surface area contributed by atoms with Crippen LogP contribution in [0.1, 0.15) is 34.5 Å². The zero-order chi connectivity index (χ0) is 19.9. The van der Waals surface area contributed by atoms with Crippen molar-refractivity contribution in [3.63, 3.8) is 0 Å². The van der Waals surface area contributed by atoms with Gasteiger partial charge in [0.1, 0.15) is 12.1 Å². The monoisotopic (exact) mass is 382 g/mol. The number of amides is 1. The van der Waals surface area contributed by atoms with Gasteiger partial charge >= 0.3 is 0 Å². The molecule has 2 heterocycles. The smallest absolute Gasteiger partial charge is 0.257 e. The standard InChI is InChI=1S/C22H30N4O2/c1-17-20(13-23-16-24-17)22(27)25(2)14-18-7-6-11-26(15-18)12-10-19-8-4-5-9-21(19)28-3/h4-5,8-9,13,16,18H,6-7,10-12,14-15H2,1-3H3/t18-/m1/s1. The molecule has 6 nitrogen and oxygen atoms in total. The highest BCUT2D eigenvalue weighted by Gasteiger charge is 2.24. The highest BCUT2D eigenvalue weighted by Crippen LogP contribution is 2.21. The molecule has 2 aromatic rings. The van der Waals surface area contributed by atoms with Gasteiger partial charge < -0.3 is 14.5 Å². The van der Waals surface area contributed by atoms with Crippen LogP contribution in [0.15, 0.2) is 36.8 Å². The van der Waals surface area contributed by atoms with Gasteiger partial charge in [0.2, 0.25) is 0 Å². The number of likely N-dealkylation sites (tertiary alicyclic amines) is 1. The van der Waals surface area contributed by atoms with Gasteiger partial charge in [0, 0.05) is 32.9 Å². The van der Waals surface area contributed by atoms with E-state index in [9.17, 15) is 4.79 Å². The summed E-state index contributed by atoms with van der Waals surface area (Å²) in [5.41, 5.74) is 2.57. The van der Waals surface area contributed by atoms with Gasteiger partial charge in [-0.05, 0) is 50.3 Å². The van der Waals surface area contributed by atoms with Crippen LogP contribution >= 0.6 is 0 Å². The third-order valence-corrected chi connectivity index (χ3v) is 5.51. The number of hydrogen-bond acceptors (Lipinski definition) is 5. The molecule has 1 aromatic carbocycles. The summed E-state index contributed by atoms with van der Waals surface area (Å²) < 4.78 is 5.46. The molecule has 0 radical (unpaired) electrons. The summed E-state index contributed by atoms with van der Waals surface area (Å²) >= 11 is 0. The Bertz CT molecular complexity index is 796. The van der Waals surface area contributed by atoms with Crippen LogP contribution in [0.5, 0.6) is 5.75 Å². The number of nitrogens with zero attached hydrogens (tertiary/aromatic N) is 4. The normalized spacial score (nSPS) is 17.3. The molecule has 3 rings (SSSR count). The van der Waals surface area contributed by atoms with Crippen LogP contribution in [0.3, 0.4) is 0 Å². The van der Waals surface area contributed by atoms with Crippen molar-refractivity contribution in [1.29, 1.82) is 0 Å². The van der Waals surface area contributed by atoms with Crippen molar-refractivity contribution in [2.75, 3.05) is 40.3 Å². The highest BCUT2D eigenvalue weighted by atomic mass is 16.5. The molecule has 1 aromatic heterocycles. The van der Waals surface area contributed by atoms with E-state index in [0.717, 1.165) is 50.5 Å². The molecule has 0 spiro atoms. The fourth-order valence-electron chi connectivity index (χ4n) is 3.97. The molecule has 0 N–H and O–H groups in total. The average molecular weight is 383 g/mol. The second-order valence-corrected chi connectivity index (χ2v) is 7.58. The van der Waals surface area contributed by atoms with E-state index in [2.05, 4.69) is 27.0 Å². The summed E-state index contributed by atoms with van der Waals surface area (Å²) in [4.78, 5) is 25.2. The van der Waals surface area contributed by atoms with Gasteiger partial charge in [0.25, 0.3) is 5.91 Å². The predicted octanol–water partition coefficient (Wildman–Crippen LogP) is 2.82. The minimum Gasteiger partial charge on any atom is -0.496 e. The first-order valence-electron chi connectivity index (χ1n) is 9.94. The van der Waals surface area contributed by atoms with Gasteiger partial charge in [0.15, 0.2) is 0 Å². The second kappa shape index (κ2) is 9.64. The van der Waals surface area contributed by atoms with Crippen LogP contribution in [0.2, 0.25) is 0 Å². The predicted molar refractivity (Wildman–Crippen MR) is 110 cm³/mol. The van der Waals surface area contributed by atoms with Crippen molar-refractivity contribution in [3.8, 4) is 5.75 Å². The van der Waals surface area contributed by atoms with Crippen molar-refractivity contribution in [1.82, 2.24) is 19.8 Å². The second-order valence-electron chi connectivity index (χ2n) is 7.58. The lowest BCUT2D eigenvalue weighted by atomic mass is 9.96. The Morgan fingerprint density at radius 2 is 2.18 bits per heavy atom. The molecule has 1 amide bonds. The van der Waals surface area contributed by atoms with E-state index in [-0.39, 0.29) is 5.91 Å². The number of carbonyl (C=O) groups excluding carboxylic acids is 1. The fourth-order valence-corrected chi connectivity index (χ4v) is 3.97. The number of carbonyl (C=O) groups is 1. The van der Waals surface area contributed by atoms with Crippen molar-refractivity contribution < 1.29 is 9.53 Å². The van der Waals surface area contributed by atoms with Crippen LogP contribution < -0.4 is 4.74 Å². The lowest BCUT2D eigenvalue weighted by Gasteiger charge is -2.35. The lowest BCUT2D eigenvalue weighted by molar-refractivity contribution is 0.0728. The molecular weight excluding hydrogens is 352 g/mol. The van der Waals surface area contributed by atoms with Crippen LogP contribution in [0, 0.1) is 12.8 Å². The van der Waals surface area contributed by atoms with E-state index < -0.39 is 0 Å². The molecule has 0 unspecified atom stereocenters. The average Bonchev–Trinajstić information content (AvgIpc) is 2.72. The summed E-state index contributed by atoms with van der Waals surface area (Å²) in [5.74, 6) is 1.45. The van der Waals surface area contributed by atoms with Gasteiger partial charge in [-0.25, -0.2) is 9.97 Å². The first-order valence-corrected chi connectivity index (χ1v) is 9.94. The Morgan fingerprint density at radius 3 is 2.96 bits per heavy atom. The van der Waals surface area contributed by atoms with E-state index >= 15 is 0 Å². The zero-order valence-corrected chi connectivity index (χ0v) is 17.1. The summed E-state index contributed by atoms with van der Waals surface area (Å²) in [5, 5.41) is 0. The van der Waals surface area contributed by atoms with Crippen LogP contribution in [-0.4, -0.2) is 66.0 Å². The summed E-state index contributed by atoms with van der Waals surface area (Å²) in [7, 11) is 3.60. The molecule has 1 saturated heterocycles. The summed E-state index contributed by atoms with van der Waals surface area (Å²) in [6, 6.07) is 8.22. The van der Waals surface area contributed by atoms with Crippen molar-refractivity contribution in [2.45, 2.75) is 26.2 Å². The van der Waals surface area contributed by atoms with Crippen molar-refractivity contribution >= 4 is 5.91 Å². The van der Waals surface area contributed by atoms with E-state index in [1.54, 1.807) is 13.3 Å². The number of aromatic nitrogens is 2. The van der Waals surface area contributed by atoms with Crippen LogP contribution in [-0.2, 0) is 6.42 Å². The van der Waals surface area contributed by atoms with Gasteiger partial charge in [-0.15, -0.1) is 0 Å². The molecule has 1 aliphatic heterocycles. The van der Waals surface area contributed by atoms with Crippen LogP contribution in [0.4, 0.5) is 0 Å². The zero-order valence-electron chi connectivity index (χ0n) is 17.1. The topological polar surface area (TPSA) is 58.6 Å². The third kappa shape index (κ3) is 5.07. The maximum atomic E-state index is 12.7. The molecule has 0 aliphatic carbocycles. The Balaban J connectivity index is 1.53. The summed E-state index contributed by atoms with van der Waals surface area (Å²) in [6.07, 6.45) is 6.40. The van der Waals surface area contributed by atoms with Gasteiger partial charge in [-0.1, -0.05) is 18.2 Å². The minimum absolute atomic E-state index is 0.00393. The maximum Gasteiger partial charge on any atom is 0.257 e. The largest absolute Gasteiger partial charge is 0.496 e. The molecule has 1 fully saturated rings. The number of rotatable bonds is 7. The third-order valence-electron chi connectivity index (χ3n) is 5.51. The number of para-hydroxylation sites is 1. The van der Waals surface area contributed by atoms with E-state index in [1.165, 1.54) is 18.3 Å². The molecule has 0 saturated carbocycles. The molecule has 28 heavy (non-hydrogen) atoms. The number of ether oxygens (including phenoxy) is 1. The molecule has 0 bridgehead atoms. The fraction of sp³-hybridized carbons (Fsp3) is 0.500. The number of benzene rings is 1. The Kier molecular flexibility index (Phi) is 6.98. The number of piperidine rings is 1. The minimum atomic E-state index is 0.00393. The maximum absolute atomic E-state index is 12.7. The molecule has 150 valence electrons. The van der Waals surface area contributed by atoms with E-state index in [0.29, 0.717) is 11.5 Å². The van der Waals surface area contributed by atoms with Crippen molar-refractivity contribution in [3.05, 3.63) is 53.6 Å². The first kappa shape index (κ1) is 20.3. The Hall–Kier alpha value is -2.47. The number of aryl methyl sites for hydroxylation is 1.